The minimum atomic E-state index is -4.05. The molecule has 0 spiro atoms. The molecule has 37 heavy (non-hydrogen) atoms. The number of carbonyl (C=O) groups is 1. The first-order chi connectivity index (χ1) is 17.7. The van der Waals surface area contributed by atoms with Crippen molar-refractivity contribution in [2.75, 3.05) is 33.9 Å². The Morgan fingerprint density at radius 3 is 2.41 bits per heavy atom. The molecule has 2 fully saturated rings. The van der Waals surface area contributed by atoms with E-state index in [1.807, 2.05) is 0 Å². The van der Waals surface area contributed by atoms with Crippen LogP contribution >= 0.6 is 23.2 Å². The van der Waals surface area contributed by atoms with Gasteiger partial charge in [0.15, 0.2) is 11.5 Å². The van der Waals surface area contributed by atoms with Gasteiger partial charge in [-0.2, -0.15) is 4.31 Å². The Morgan fingerprint density at radius 2 is 1.76 bits per heavy atom. The van der Waals surface area contributed by atoms with Crippen LogP contribution in [0, 0.1) is 5.92 Å². The summed E-state index contributed by atoms with van der Waals surface area (Å²) in [7, 11) is -0.955. The monoisotopic (exact) mass is 568 g/mol. The number of carbonyl (C=O) groups excluding carboxylic acids is 1. The molecule has 0 aliphatic carbocycles. The molecule has 0 unspecified atom stereocenters. The summed E-state index contributed by atoms with van der Waals surface area (Å²) in [6.45, 7) is 4.81. The van der Waals surface area contributed by atoms with Crippen LogP contribution in [0.3, 0.4) is 0 Å². The zero-order valence-electron chi connectivity index (χ0n) is 20.7. The molecule has 11 heteroatoms. The van der Waals surface area contributed by atoms with Crippen molar-refractivity contribution in [2.24, 2.45) is 5.92 Å². The second-order valence-electron chi connectivity index (χ2n) is 9.00. The fourth-order valence-corrected chi connectivity index (χ4v) is 7.68. The van der Waals surface area contributed by atoms with Crippen molar-refractivity contribution in [2.45, 2.75) is 36.2 Å². The predicted octanol–water partition coefficient (Wildman–Crippen LogP) is 4.65. The van der Waals surface area contributed by atoms with Crippen LogP contribution in [0.4, 0.5) is 0 Å². The van der Waals surface area contributed by atoms with Gasteiger partial charge >= 0.3 is 0 Å². The van der Waals surface area contributed by atoms with Crippen molar-refractivity contribution in [3.63, 3.8) is 0 Å². The summed E-state index contributed by atoms with van der Waals surface area (Å²) in [5.74, 6) is 1.19. The van der Waals surface area contributed by atoms with Crippen molar-refractivity contribution < 1.29 is 27.4 Å². The fourth-order valence-electron chi connectivity index (χ4n) is 5.08. The number of hydrogen-bond acceptors (Lipinski definition) is 6. The van der Waals surface area contributed by atoms with E-state index in [-0.39, 0.29) is 39.9 Å². The molecule has 8 nitrogen and oxygen atoms in total. The van der Waals surface area contributed by atoms with Gasteiger partial charge in [-0.25, -0.2) is 8.42 Å². The first kappa shape index (κ1) is 27.6. The molecular formula is C26H30Cl2N2O6S. The van der Waals surface area contributed by atoms with Crippen molar-refractivity contribution in [3.8, 4) is 17.2 Å². The van der Waals surface area contributed by atoms with Gasteiger partial charge in [-0.1, -0.05) is 29.3 Å². The highest BCUT2D eigenvalue weighted by atomic mass is 35.5. The number of amides is 1. The maximum atomic E-state index is 13.8. The average molecular weight is 570 g/mol. The highest BCUT2D eigenvalue weighted by Gasteiger charge is 2.49. The summed E-state index contributed by atoms with van der Waals surface area (Å²) >= 11 is 12.2. The molecule has 1 amide bonds. The molecule has 0 radical (unpaired) electrons. The molecule has 2 aliphatic rings. The van der Waals surface area contributed by atoms with Gasteiger partial charge in [-0.3, -0.25) is 4.79 Å². The quantitative estimate of drug-likeness (QED) is 0.409. The zero-order chi connectivity index (χ0) is 26.7. The molecule has 2 aliphatic heterocycles. The minimum Gasteiger partial charge on any atom is -0.493 e. The second kappa shape index (κ2) is 11.5. The van der Waals surface area contributed by atoms with E-state index in [2.05, 4.69) is 6.58 Å². The lowest BCUT2D eigenvalue weighted by Gasteiger charge is -2.40. The molecule has 2 aromatic rings. The summed E-state index contributed by atoms with van der Waals surface area (Å²) in [6, 6.07) is 8.20. The van der Waals surface area contributed by atoms with Gasteiger partial charge < -0.3 is 19.1 Å². The van der Waals surface area contributed by atoms with Gasteiger partial charge in [-0.05, 0) is 49.6 Å². The highest BCUT2D eigenvalue weighted by molar-refractivity contribution is 7.89. The van der Waals surface area contributed by atoms with Crippen LogP contribution in [-0.4, -0.2) is 69.5 Å². The van der Waals surface area contributed by atoms with Crippen molar-refractivity contribution >= 4 is 39.1 Å². The number of hydrogen-bond donors (Lipinski definition) is 0. The van der Waals surface area contributed by atoms with Crippen LogP contribution in [0.1, 0.15) is 19.3 Å². The van der Waals surface area contributed by atoms with Crippen LogP contribution in [0.25, 0.3) is 0 Å². The van der Waals surface area contributed by atoms with Gasteiger partial charge in [0.25, 0.3) is 0 Å². The third kappa shape index (κ3) is 5.70. The largest absolute Gasteiger partial charge is 0.493 e. The Hall–Kier alpha value is -2.46. The number of sulfonamides is 1. The average Bonchev–Trinajstić information content (AvgIpc) is 2.95. The lowest BCUT2D eigenvalue weighted by molar-refractivity contribution is -0.135. The maximum Gasteiger partial charge on any atom is 0.244 e. The highest BCUT2D eigenvalue weighted by Crippen LogP contribution is 2.38. The first-order valence-electron chi connectivity index (χ1n) is 12.0. The molecule has 2 heterocycles. The van der Waals surface area contributed by atoms with E-state index >= 15 is 0 Å². The normalized spacial score (nSPS) is 22.3. The number of nitrogens with zero attached hydrogens (tertiary/aromatic N) is 2. The number of ether oxygens (including phenoxy) is 3. The first-order valence-corrected chi connectivity index (χ1v) is 14.1. The molecule has 3 atom stereocenters. The lowest BCUT2D eigenvalue weighted by atomic mass is 9.90. The Kier molecular flexibility index (Phi) is 8.58. The smallest absolute Gasteiger partial charge is 0.244 e. The van der Waals surface area contributed by atoms with Crippen LogP contribution in [0.5, 0.6) is 17.2 Å². The van der Waals surface area contributed by atoms with Gasteiger partial charge in [-0.15, -0.1) is 6.58 Å². The Labute approximate surface area is 227 Å². The molecule has 2 saturated heterocycles. The third-order valence-corrected chi connectivity index (χ3v) is 9.18. The molecule has 0 aromatic heterocycles. The number of fused-ring (bicyclic) bond motifs is 2. The maximum absolute atomic E-state index is 13.8. The number of halogens is 2. The molecule has 0 N–H and O–H groups in total. The molecule has 2 aromatic carbocycles. The Bertz CT molecular complexity index is 1250. The van der Waals surface area contributed by atoms with Gasteiger partial charge in [0.05, 0.1) is 25.7 Å². The summed E-state index contributed by atoms with van der Waals surface area (Å²) < 4.78 is 45.5. The Balaban J connectivity index is 1.57. The molecule has 200 valence electrons. The van der Waals surface area contributed by atoms with Crippen LogP contribution < -0.4 is 14.2 Å². The molecule has 2 bridgehead atoms. The van der Waals surface area contributed by atoms with Gasteiger partial charge in [0, 0.05) is 34.6 Å². The van der Waals surface area contributed by atoms with Gasteiger partial charge in [0.1, 0.15) is 18.4 Å². The number of piperidine rings is 1. The van der Waals surface area contributed by atoms with Gasteiger partial charge in [0.2, 0.25) is 15.9 Å². The van der Waals surface area contributed by atoms with E-state index in [1.54, 1.807) is 43.4 Å². The summed E-state index contributed by atoms with van der Waals surface area (Å²) in [6.07, 6.45) is 3.54. The van der Waals surface area contributed by atoms with E-state index in [1.165, 1.54) is 22.5 Å². The van der Waals surface area contributed by atoms with E-state index < -0.39 is 22.1 Å². The van der Waals surface area contributed by atoms with E-state index in [0.29, 0.717) is 36.6 Å². The second-order valence-corrected chi connectivity index (χ2v) is 11.7. The van der Waals surface area contributed by atoms with Crippen molar-refractivity contribution in [1.82, 2.24) is 9.21 Å². The molecule has 0 saturated carbocycles. The molecule has 4 rings (SSSR count). The summed E-state index contributed by atoms with van der Waals surface area (Å²) in [5.41, 5.74) is 0. The minimum absolute atomic E-state index is 0.0252. The van der Waals surface area contributed by atoms with E-state index in [0.717, 1.165) is 6.42 Å². The standard InChI is InChI=1S/C26H30Cl2N2O6S/c1-4-17-16-29(10-11-36-20-8-9-24(34-2)25(15-20)35-3)26(31)23-7-5-6-22(17)30(23)37(32,33)21-13-18(27)12-19(28)14-21/h4,8-9,12-15,17,22-23H,1,5-7,10-11,16H2,2-3H3/t17-,22+,23-/m0/s1. The lowest BCUT2D eigenvalue weighted by Crippen LogP contribution is -2.54. The summed E-state index contributed by atoms with van der Waals surface area (Å²) in [4.78, 5) is 15.4. The Morgan fingerprint density at radius 1 is 1.05 bits per heavy atom. The SMILES string of the molecule is C=C[C@H]1CN(CCOc2ccc(OC)c(OC)c2)C(=O)[C@@H]2CCC[C@H]1N2S(=O)(=O)c1cc(Cl)cc(Cl)c1. The van der Waals surface area contributed by atoms with Crippen LogP contribution in [0.15, 0.2) is 53.9 Å². The van der Waals surface area contributed by atoms with Crippen LogP contribution in [-0.2, 0) is 14.8 Å². The topological polar surface area (TPSA) is 85.4 Å². The van der Waals surface area contributed by atoms with Crippen LogP contribution in [0.2, 0.25) is 10.0 Å². The van der Waals surface area contributed by atoms with E-state index in [9.17, 15) is 13.2 Å². The zero-order valence-corrected chi connectivity index (χ0v) is 23.1. The number of rotatable bonds is 9. The van der Waals surface area contributed by atoms with E-state index in [4.69, 9.17) is 37.4 Å². The van der Waals surface area contributed by atoms with Crippen molar-refractivity contribution in [1.29, 1.82) is 0 Å². The number of benzene rings is 2. The fraction of sp³-hybridized carbons (Fsp3) is 0.423. The summed E-state index contributed by atoms with van der Waals surface area (Å²) in [5, 5.41) is 0.429. The number of methoxy groups -OCH3 is 2. The van der Waals surface area contributed by atoms with Crippen molar-refractivity contribution in [3.05, 3.63) is 59.1 Å². The molecular weight excluding hydrogens is 539 g/mol. The predicted molar refractivity (Wildman–Crippen MR) is 142 cm³/mol. The third-order valence-electron chi connectivity index (χ3n) is 6.83.